The first-order chi connectivity index (χ1) is 8.08. The number of phenols is 1. The lowest BCUT2D eigenvalue weighted by molar-refractivity contribution is 0.103. The molecule has 0 atom stereocenters. The molecule has 0 aliphatic rings. The van der Waals surface area contributed by atoms with Gasteiger partial charge in [-0.3, -0.25) is 4.79 Å². The number of ketones is 1. The first-order valence-electron chi connectivity index (χ1n) is 4.87. The van der Waals surface area contributed by atoms with Crippen molar-refractivity contribution in [1.29, 1.82) is 0 Å². The molecule has 0 bridgehead atoms. The van der Waals surface area contributed by atoms with Crippen LogP contribution in [0.3, 0.4) is 0 Å². The summed E-state index contributed by atoms with van der Waals surface area (Å²) in [4.78, 5) is 11.9. The molecule has 1 N–H and O–H groups in total. The van der Waals surface area contributed by atoms with E-state index in [1.54, 1.807) is 0 Å². The number of carbonyl (C=O) groups excluding carboxylic acids is 1. The second-order valence-corrected chi connectivity index (χ2v) is 3.50. The third-order valence-electron chi connectivity index (χ3n) is 2.31. The van der Waals surface area contributed by atoms with Crippen LogP contribution >= 0.6 is 0 Å². The Labute approximate surface area is 96.1 Å². The van der Waals surface area contributed by atoms with E-state index >= 15 is 0 Å². The third-order valence-corrected chi connectivity index (χ3v) is 2.31. The Morgan fingerprint density at radius 2 is 1.47 bits per heavy atom. The number of phenolic OH excluding ortho intramolecular Hbond substituents is 1. The maximum atomic E-state index is 13.0. The van der Waals surface area contributed by atoms with E-state index in [4.69, 9.17) is 5.11 Å². The minimum atomic E-state index is -1.06. The van der Waals surface area contributed by atoms with Crippen molar-refractivity contribution in [2.24, 2.45) is 0 Å². The summed E-state index contributed by atoms with van der Waals surface area (Å²) in [5.41, 5.74) is 0.364. The highest BCUT2D eigenvalue weighted by Crippen LogP contribution is 2.16. The number of aromatic hydroxyl groups is 1. The largest absolute Gasteiger partial charge is 0.508 e. The predicted molar refractivity (Wildman–Crippen MR) is 57.9 cm³/mol. The Balaban J connectivity index is 2.37. The molecular formula is C13H8F2O2. The lowest BCUT2D eigenvalue weighted by atomic mass is 10.0. The summed E-state index contributed by atoms with van der Waals surface area (Å²) in [7, 11) is 0. The first kappa shape index (κ1) is 11.3. The van der Waals surface area contributed by atoms with E-state index < -0.39 is 17.4 Å². The van der Waals surface area contributed by atoms with Gasteiger partial charge in [0.1, 0.15) is 5.75 Å². The summed E-state index contributed by atoms with van der Waals surface area (Å²) < 4.78 is 25.7. The number of halogens is 2. The van der Waals surface area contributed by atoms with E-state index in [1.165, 1.54) is 30.3 Å². The van der Waals surface area contributed by atoms with Gasteiger partial charge >= 0.3 is 0 Å². The van der Waals surface area contributed by atoms with E-state index in [2.05, 4.69) is 0 Å². The average Bonchev–Trinajstić information content (AvgIpc) is 2.33. The van der Waals surface area contributed by atoms with E-state index in [9.17, 15) is 13.6 Å². The second-order valence-electron chi connectivity index (χ2n) is 3.50. The fraction of sp³-hybridized carbons (Fsp3) is 0. The molecule has 0 radical (unpaired) electrons. The Bertz CT molecular complexity index is 562. The van der Waals surface area contributed by atoms with Crippen LogP contribution in [-0.2, 0) is 0 Å². The highest BCUT2D eigenvalue weighted by Gasteiger charge is 2.11. The van der Waals surface area contributed by atoms with Crippen molar-refractivity contribution in [2.45, 2.75) is 0 Å². The molecule has 2 rings (SSSR count). The fourth-order valence-corrected chi connectivity index (χ4v) is 1.42. The molecule has 0 unspecified atom stereocenters. The highest BCUT2D eigenvalue weighted by atomic mass is 19.2. The van der Waals surface area contributed by atoms with Gasteiger partial charge in [0.25, 0.3) is 0 Å². The fourth-order valence-electron chi connectivity index (χ4n) is 1.42. The first-order valence-corrected chi connectivity index (χ1v) is 4.87. The Morgan fingerprint density at radius 1 is 0.882 bits per heavy atom. The third kappa shape index (κ3) is 2.30. The molecule has 0 fully saturated rings. The van der Waals surface area contributed by atoms with Gasteiger partial charge in [-0.1, -0.05) is 0 Å². The highest BCUT2D eigenvalue weighted by molar-refractivity contribution is 6.09. The number of hydrogen-bond donors (Lipinski definition) is 1. The van der Waals surface area contributed by atoms with Crippen molar-refractivity contribution < 1.29 is 18.7 Å². The van der Waals surface area contributed by atoms with Gasteiger partial charge in [-0.25, -0.2) is 8.78 Å². The minimum Gasteiger partial charge on any atom is -0.508 e. The molecule has 0 heterocycles. The molecule has 0 saturated carbocycles. The van der Waals surface area contributed by atoms with Gasteiger partial charge in [0.05, 0.1) is 0 Å². The van der Waals surface area contributed by atoms with Crippen molar-refractivity contribution in [3.63, 3.8) is 0 Å². The van der Waals surface area contributed by atoms with Gasteiger partial charge in [0.2, 0.25) is 0 Å². The lowest BCUT2D eigenvalue weighted by Gasteiger charge is -2.02. The summed E-state index contributed by atoms with van der Waals surface area (Å²) >= 11 is 0. The molecule has 2 aromatic rings. The maximum Gasteiger partial charge on any atom is 0.193 e. The van der Waals surface area contributed by atoms with Crippen LogP contribution in [0.15, 0.2) is 42.5 Å². The number of benzene rings is 2. The zero-order valence-electron chi connectivity index (χ0n) is 8.65. The van der Waals surface area contributed by atoms with E-state index in [1.807, 2.05) is 0 Å². The topological polar surface area (TPSA) is 37.3 Å². The van der Waals surface area contributed by atoms with Crippen LogP contribution in [0.2, 0.25) is 0 Å². The van der Waals surface area contributed by atoms with Gasteiger partial charge in [0.15, 0.2) is 17.4 Å². The van der Waals surface area contributed by atoms with Gasteiger partial charge in [-0.2, -0.15) is 0 Å². The summed E-state index contributed by atoms with van der Waals surface area (Å²) in [6.07, 6.45) is 0. The molecule has 0 amide bonds. The van der Waals surface area contributed by atoms with Crippen LogP contribution in [0, 0.1) is 11.6 Å². The van der Waals surface area contributed by atoms with Crippen LogP contribution in [0.1, 0.15) is 15.9 Å². The van der Waals surface area contributed by atoms with Gasteiger partial charge in [-0.15, -0.1) is 0 Å². The monoisotopic (exact) mass is 234 g/mol. The van der Waals surface area contributed by atoms with Crippen molar-refractivity contribution in [3.8, 4) is 5.75 Å². The smallest absolute Gasteiger partial charge is 0.193 e. The van der Waals surface area contributed by atoms with Gasteiger partial charge < -0.3 is 5.11 Å². The van der Waals surface area contributed by atoms with E-state index in [0.29, 0.717) is 5.56 Å². The summed E-state index contributed by atoms with van der Waals surface area (Å²) in [5, 5.41) is 9.07. The Morgan fingerprint density at radius 3 is 2.06 bits per heavy atom. The SMILES string of the molecule is O=C(c1ccc(O)cc1)c1ccc(F)c(F)c1. The number of hydrogen-bond acceptors (Lipinski definition) is 2. The Kier molecular flexibility index (Phi) is 2.87. The van der Waals surface area contributed by atoms with Gasteiger partial charge in [-0.05, 0) is 42.5 Å². The van der Waals surface area contributed by atoms with Crippen molar-refractivity contribution in [2.75, 3.05) is 0 Å². The van der Waals surface area contributed by atoms with Crippen LogP contribution in [0.25, 0.3) is 0 Å². The zero-order chi connectivity index (χ0) is 12.4. The molecule has 0 aromatic heterocycles. The van der Waals surface area contributed by atoms with Crippen LogP contribution < -0.4 is 0 Å². The second kappa shape index (κ2) is 4.33. The molecular weight excluding hydrogens is 226 g/mol. The molecule has 0 aliphatic carbocycles. The van der Waals surface area contributed by atoms with Crippen LogP contribution in [0.4, 0.5) is 8.78 Å². The van der Waals surface area contributed by atoms with Crippen molar-refractivity contribution >= 4 is 5.78 Å². The molecule has 0 spiro atoms. The quantitative estimate of drug-likeness (QED) is 0.811. The van der Waals surface area contributed by atoms with Crippen LogP contribution in [-0.4, -0.2) is 10.9 Å². The summed E-state index contributed by atoms with van der Waals surface area (Å²) in [6.45, 7) is 0. The normalized spacial score (nSPS) is 10.2. The number of carbonyl (C=O) groups is 1. The number of rotatable bonds is 2. The predicted octanol–water partition coefficient (Wildman–Crippen LogP) is 2.90. The standard InChI is InChI=1S/C13H8F2O2/c14-11-6-3-9(7-12(11)15)13(17)8-1-4-10(16)5-2-8/h1-7,16H. The van der Waals surface area contributed by atoms with E-state index in [0.717, 1.165) is 12.1 Å². The van der Waals surface area contributed by atoms with Crippen molar-refractivity contribution in [1.82, 2.24) is 0 Å². The average molecular weight is 234 g/mol. The molecule has 0 saturated heterocycles. The van der Waals surface area contributed by atoms with Crippen LogP contribution in [0.5, 0.6) is 5.75 Å². The van der Waals surface area contributed by atoms with Gasteiger partial charge in [0, 0.05) is 11.1 Å². The molecule has 2 aromatic carbocycles. The minimum absolute atomic E-state index is 0.0341. The lowest BCUT2D eigenvalue weighted by Crippen LogP contribution is -2.02. The summed E-state index contributed by atoms with van der Waals surface area (Å²) in [5.74, 6) is -2.45. The molecule has 4 heteroatoms. The molecule has 2 nitrogen and oxygen atoms in total. The zero-order valence-corrected chi connectivity index (χ0v) is 8.65. The maximum absolute atomic E-state index is 13.0. The summed E-state index contributed by atoms with van der Waals surface area (Å²) in [6, 6.07) is 8.51. The Hall–Kier alpha value is -2.23. The molecule has 86 valence electrons. The van der Waals surface area contributed by atoms with E-state index in [-0.39, 0.29) is 11.3 Å². The van der Waals surface area contributed by atoms with Crippen molar-refractivity contribution in [3.05, 3.63) is 65.2 Å². The molecule has 17 heavy (non-hydrogen) atoms. The molecule has 0 aliphatic heterocycles.